The molecule has 1 N–H and O–H groups in total. The Balaban J connectivity index is 2.49. The van der Waals surface area contributed by atoms with Crippen LogP contribution in [0.4, 0.5) is 0 Å². The molecule has 1 heterocycles. The van der Waals surface area contributed by atoms with E-state index in [0.29, 0.717) is 19.4 Å². The van der Waals surface area contributed by atoms with Gasteiger partial charge in [0.15, 0.2) is 0 Å². The number of likely N-dealkylation sites (tertiary alicyclic amines) is 1. The summed E-state index contributed by atoms with van der Waals surface area (Å²) >= 11 is 0. The predicted molar refractivity (Wildman–Crippen MR) is 78.4 cm³/mol. The zero-order valence-electron chi connectivity index (χ0n) is 13.0. The number of carboxylic acid groups (broad SMARTS) is 1. The van der Waals surface area contributed by atoms with Crippen LogP contribution in [0.15, 0.2) is 0 Å². The van der Waals surface area contributed by atoms with Crippen LogP contribution < -0.4 is 0 Å². The Kier molecular flexibility index (Phi) is 6.27. The zero-order chi connectivity index (χ0) is 14.5. The minimum absolute atomic E-state index is 0.569. The normalized spacial score (nSPS) is 19.0. The molecule has 1 rings (SSSR count). The molecule has 0 spiro atoms. The number of hydrogen-bond acceptors (Lipinski definition) is 3. The Hall–Kier alpha value is -0.610. The molecule has 19 heavy (non-hydrogen) atoms. The van der Waals surface area contributed by atoms with Crippen molar-refractivity contribution in [3.05, 3.63) is 0 Å². The van der Waals surface area contributed by atoms with Crippen molar-refractivity contribution in [2.75, 3.05) is 40.3 Å². The maximum Gasteiger partial charge on any atom is 0.310 e. The van der Waals surface area contributed by atoms with E-state index in [2.05, 4.69) is 23.9 Å². The highest BCUT2D eigenvalue weighted by molar-refractivity contribution is 5.74. The van der Waals surface area contributed by atoms with Crippen LogP contribution in [0, 0.1) is 11.3 Å². The Bertz CT molecular complexity index is 282. The molecule has 4 heteroatoms. The van der Waals surface area contributed by atoms with E-state index in [1.165, 1.54) is 25.9 Å². The topological polar surface area (TPSA) is 43.8 Å². The molecule has 0 saturated carbocycles. The van der Waals surface area contributed by atoms with Gasteiger partial charge in [0.1, 0.15) is 0 Å². The molecule has 4 nitrogen and oxygen atoms in total. The van der Waals surface area contributed by atoms with Crippen molar-refractivity contribution in [2.45, 2.75) is 39.5 Å². The highest BCUT2D eigenvalue weighted by atomic mass is 16.4. The summed E-state index contributed by atoms with van der Waals surface area (Å²) in [7, 11) is 4.24. The third-order valence-electron chi connectivity index (χ3n) is 4.79. The van der Waals surface area contributed by atoms with Crippen LogP contribution in [0.25, 0.3) is 0 Å². The van der Waals surface area contributed by atoms with Crippen LogP contribution in [-0.4, -0.2) is 61.2 Å². The Morgan fingerprint density at radius 3 is 2.26 bits per heavy atom. The fourth-order valence-corrected chi connectivity index (χ4v) is 3.11. The first kappa shape index (κ1) is 16.4. The predicted octanol–water partition coefficient (Wildman–Crippen LogP) is 2.15. The van der Waals surface area contributed by atoms with Gasteiger partial charge in [-0.25, -0.2) is 0 Å². The molecule has 0 bridgehead atoms. The van der Waals surface area contributed by atoms with Gasteiger partial charge in [-0.3, -0.25) is 4.79 Å². The molecule has 0 atom stereocenters. The first-order chi connectivity index (χ1) is 8.93. The lowest BCUT2D eigenvalue weighted by molar-refractivity contribution is -0.150. The van der Waals surface area contributed by atoms with E-state index >= 15 is 0 Å². The van der Waals surface area contributed by atoms with E-state index in [1.807, 2.05) is 13.8 Å². The van der Waals surface area contributed by atoms with Crippen molar-refractivity contribution in [1.82, 2.24) is 9.80 Å². The molecule has 1 fully saturated rings. The van der Waals surface area contributed by atoms with Crippen LogP contribution >= 0.6 is 0 Å². The summed E-state index contributed by atoms with van der Waals surface area (Å²) in [5, 5.41) is 9.48. The van der Waals surface area contributed by atoms with Crippen LogP contribution in [0.2, 0.25) is 0 Å². The van der Waals surface area contributed by atoms with Gasteiger partial charge in [-0.05, 0) is 58.8 Å². The summed E-state index contributed by atoms with van der Waals surface area (Å²) in [5.41, 5.74) is -0.569. The Labute approximate surface area is 117 Å². The molecule has 0 amide bonds. The number of carboxylic acids is 1. The molecular weight excluding hydrogens is 240 g/mol. The molecule has 0 unspecified atom stereocenters. The Morgan fingerprint density at radius 2 is 1.84 bits per heavy atom. The first-order valence-corrected chi connectivity index (χ1v) is 7.54. The van der Waals surface area contributed by atoms with E-state index in [1.54, 1.807) is 0 Å². The van der Waals surface area contributed by atoms with Crippen molar-refractivity contribution in [3.8, 4) is 0 Å². The lowest BCUT2D eigenvalue weighted by Gasteiger charge is -2.35. The molecule has 112 valence electrons. The molecule has 0 aromatic heterocycles. The van der Waals surface area contributed by atoms with Gasteiger partial charge in [0, 0.05) is 13.1 Å². The van der Waals surface area contributed by atoms with Gasteiger partial charge in [-0.1, -0.05) is 13.8 Å². The summed E-state index contributed by atoms with van der Waals surface area (Å²) in [4.78, 5) is 16.1. The second kappa shape index (κ2) is 7.25. The fourth-order valence-electron chi connectivity index (χ4n) is 3.11. The van der Waals surface area contributed by atoms with Gasteiger partial charge in [-0.2, -0.15) is 0 Å². The highest BCUT2D eigenvalue weighted by Crippen LogP contribution is 2.28. The number of piperidine rings is 1. The summed E-state index contributed by atoms with van der Waals surface area (Å²) in [6.07, 6.45) is 3.88. The maximum atomic E-state index is 11.5. The average Bonchev–Trinajstić information content (AvgIpc) is 2.38. The van der Waals surface area contributed by atoms with E-state index in [4.69, 9.17) is 0 Å². The number of hydrogen-bond donors (Lipinski definition) is 1. The summed E-state index contributed by atoms with van der Waals surface area (Å²) in [6.45, 7) is 8.01. The van der Waals surface area contributed by atoms with Gasteiger partial charge >= 0.3 is 5.97 Å². The molecule has 0 aromatic carbocycles. The lowest BCUT2D eigenvalue weighted by Crippen LogP contribution is -2.43. The van der Waals surface area contributed by atoms with Gasteiger partial charge in [0.05, 0.1) is 5.41 Å². The van der Waals surface area contributed by atoms with E-state index in [9.17, 15) is 9.90 Å². The third-order valence-corrected chi connectivity index (χ3v) is 4.79. The molecular formula is C15H30N2O2. The minimum Gasteiger partial charge on any atom is -0.481 e. The van der Waals surface area contributed by atoms with Gasteiger partial charge in [-0.15, -0.1) is 0 Å². The third kappa shape index (κ3) is 4.46. The molecule has 0 radical (unpaired) electrons. The second-order valence-corrected chi connectivity index (χ2v) is 6.24. The maximum absolute atomic E-state index is 11.5. The van der Waals surface area contributed by atoms with Crippen molar-refractivity contribution in [3.63, 3.8) is 0 Å². The second-order valence-electron chi connectivity index (χ2n) is 6.24. The molecule has 1 aliphatic rings. The number of nitrogens with zero attached hydrogens (tertiary/aromatic N) is 2. The van der Waals surface area contributed by atoms with Crippen molar-refractivity contribution in [1.29, 1.82) is 0 Å². The first-order valence-electron chi connectivity index (χ1n) is 7.54. The molecule has 0 aromatic rings. The number of rotatable bonds is 7. The minimum atomic E-state index is -0.646. The molecule has 1 aliphatic heterocycles. The van der Waals surface area contributed by atoms with Gasteiger partial charge < -0.3 is 14.9 Å². The molecule has 0 aliphatic carbocycles. The van der Waals surface area contributed by atoms with Crippen molar-refractivity contribution in [2.24, 2.45) is 11.3 Å². The number of aliphatic carboxylic acids is 1. The van der Waals surface area contributed by atoms with E-state index in [-0.39, 0.29) is 0 Å². The quantitative estimate of drug-likeness (QED) is 0.770. The summed E-state index contributed by atoms with van der Waals surface area (Å²) in [5.74, 6) is 0.0779. The van der Waals surface area contributed by atoms with E-state index in [0.717, 1.165) is 12.5 Å². The van der Waals surface area contributed by atoms with Crippen LogP contribution in [-0.2, 0) is 4.79 Å². The highest BCUT2D eigenvalue weighted by Gasteiger charge is 2.36. The standard InChI is InChI=1S/C15H30N2O2/c1-5-15(6-2,14(18)19)12-17(4)11-13-7-9-16(3)10-8-13/h13H,5-12H2,1-4H3,(H,18,19). The van der Waals surface area contributed by atoms with Gasteiger partial charge in [0.25, 0.3) is 0 Å². The summed E-state index contributed by atoms with van der Waals surface area (Å²) < 4.78 is 0. The molecule has 1 saturated heterocycles. The van der Waals surface area contributed by atoms with Crippen molar-refractivity contribution >= 4 is 5.97 Å². The Morgan fingerprint density at radius 1 is 1.32 bits per heavy atom. The monoisotopic (exact) mass is 270 g/mol. The number of carbonyl (C=O) groups is 1. The largest absolute Gasteiger partial charge is 0.481 e. The van der Waals surface area contributed by atoms with E-state index < -0.39 is 11.4 Å². The fraction of sp³-hybridized carbons (Fsp3) is 0.933. The van der Waals surface area contributed by atoms with Gasteiger partial charge in [0.2, 0.25) is 0 Å². The smallest absolute Gasteiger partial charge is 0.310 e. The average molecular weight is 270 g/mol. The van der Waals surface area contributed by atoms with Crippen LogP contribution in [0.1, 0.15) is 39.5 Å². The zero-order valence-corrected chi connectivity index (χ0v) is 13.0. The van der Waals surface area contributed by atoms with Crippen LogP contribution in [0.5, 0.6) is 0 Å². The summed E-state index contributed by atoms with van der Waals surface area (Å²) in [6, 6.07) is 0. The lowest BCUT2D eigenvalue weighted by atomic mass is 9.81. The van der Waals surface area contributed by atoms with Crippen LogP contribution in [0.3, 0.4) is 0 Å². The SMILES string of the molecule is CCC(CC)(CN(C)CC1CCN(C)CC1)C(=O)O. The van der Waals surface area contributed by atoms with Crippen molar-refractivity contribution < 1.29 is 9.90 Å².